The first kappa shape index (κ1) is 21.7. The summed E-state index contributed by atoms with van der Waals surface area (Å²) < 4.78 is 4.99. The van der Waals surface area contributed by atoms with E-state index in [0.29, 0.717) is 17.8 Å². The molecule has 1 unspecified atom stereocenters. The molecule has 0 aromatic heterocycles. The SMILES string of the molecule is CCNC(=O)c1cccc(NC(=O)COC(=O)C(C)N2C(=O)c3ccccc3C2=O)c1. The third-order valence-electron chi connectivity index (χ3n) is 4.65. The van der Waals surface area contributed by atoms with Gasteiger partial charge in [-0.1, -0.05) is 18.2 Å². The molecular weight excluding hydrogens is 402 g/mol. The van der Waals surface area contributed by atoms with Crippen LogP contribution in [0.25, 0.3) is 0 Å². The molecule has 0 spiro atoms. The standard InChI is InChI=1S/C22H21N3O6/c1-3-23-19(27)14-7-6-8-15(11-14)24-18(26)12-31-22(30)13(2)25-20(28)16-9-4-5-10-17(16)21(25)29/h4-11,13H,3,12H2,1-2H3,(H,23,27)(H,24,26). The summed E-state index contributed by atoms with van der Waals surface area (Å²) in [7, 11) is 0. The summed E-state index contributed by atoms with van der Waals surface area (Å²) in [6.45, 7) is 3.01. The van der Waals surface area contributed by atoms with Crippen LogP contribution < -0.4 is 10.6 Å². The summed E-state index contributed by atoms with van der Waals surface area (Å²) in [5, 5.41) is 5.19. The van der Waals surface area contributed by atoms with Gasteiger partial charge >= 0.3 is 5.97 Å². The van der Waals surface area contributed by atoms with Gasteiger partial charge in [0.1, 0.15) is 6.04 Å². The number of carbonyl (C=O) groups excluding carboxylic acids is 5. The first-order valence-electron chi connectivity index (χ1n) is 9.65. The van der Waals surface area contributed by atoms with Crippen molar-refractivity contribution in [3.63, 3.8) is 0 Å². The van der Waals surface area contributed by atoms with Crippen LogP contribution in [0.5, 0.6) is 0 Å². The summed E-state index contributed by atoms with van der Waals surface area (Å²) >= 11 is 0. The molecule has 1 aliphatic heterocycles. The molecule has 160 valence electrons. The highest BCUT2D eigenvalue weighted by Crippen LogP contribution is 2.24. The lowest BCUT2D eigenvalue weighted by Gasteiger charge is -2.20. The van der Waals surface area contributed by atoms with Gasteiger partial charge in [0.05, 0.1) is 11.1 Å². The van der Waals surface area contributed by atoms with E-state index >= 15 is 0 Å². The van der Waals surface area contributed by atoms with Crippen LogP contribution in [0.2, 0.25) is 0 Å². The molecule has 9 heteroatoms. The van der Waals surface area contributed by atoms with Gasteiger partial charge in [-0.2, -0.15) is 0 Å². The van der Waals surface area contributed by atoms with E-state index in [1.165, 1.54) is 25.1 Å². The Morgan fingerprint density at radius 3 is 2.26 bits per heavy atom. The largest absolute Gasteiger partial charge is 0.454 e. The van der Waals surface area contributed by atoms with Crippen molar-refractivity contribution >= 4 is 35.3 Å². The van der Waals surface area contributed by atoms with Gasteiger partial charge in [-0.3, -0.25) is 24.1 Å². The molecule has 0 bridgehead atoms. The second-order valence-electron chi connectivity index (χ2n) is 6.80. The van der Waals surface area contributed by atoms with Crippen LogP contribution in [0.1, 0.15) is 44.9 Å². The topological polar surface area (TPSA) is 122 Å². The average Bonchev–Trinajstić information content (AvgIpc) is 3.02. The van der Waals surface area contributed by atoms with Crippen molar-refractivity contribution in [2.24, 2.45) is 0 Å². The zero-order chi connectivity index (χ0) is 22.5. The van der Waals surface area contributed by atoms with E-state index in [-0.39, 0.29) is 17.0 Å². The zero-order valence-corrected chi connectivity index (χ0v) is 17.0. The maximum Gasteiger partial charge on any atom is 0.329 e. The van der Waals surface area contributed by atoms with Crippen molar-refractivity contribution in [2.75, 3.05) is 18.5 Å². The Morgan fingerprint density at radius 2 is 1.65 bits per heavy atom. The lowest BCUT2D eigenvalue weighted by atomic mass is 10.1. The minimum absolute atomic E-state index is 0.219. The molecule has 4 amide bonds. The maximum absolute atomic E-state index is 12.5. The normalized spacial score (nSPS) is 13.4. The molecule has 0 saturated carbocycles. The fraction of sp³-hybridized carbons (Fsp3) is 0.227. The molecule has 1 atom stereocenters. The predicted molar refractivity (Wildman–Crippen MR) is 110 cm³/mol. The van der Waals surface area contributed by atoms with Crippen LogP contribution in [-0.4, -0.2) is 53.7 Å². The number of fused-ring (bicyclic) bond motifs is 1. The second kappa shape index (κ2) is 9.21. The number of carbonyl (C=O) groups is 5. The highest BCUT2D eigenvalue weighted by molar-refractivity contribution is 6.22. The number of nitrogens with zero attached hydrogens (tertiary/aromatic N) is 1. The van der Waals surface area contributed by atoms with Gasteiger partial charge in [0.25, 0.3) is 23.6 Å². The molecule has 0 saturated heterocycles. The molecule has 0 fully saturated rings. The van der Waals surface area contributed by atoms with E-state index in [1.807, 2.05) is 0 Å². The first-order chi connectivity index (χ1) is 14.8. The van der Waals surface area contributed by atoms with Crippen molar-refractivity contribution in [3.05, 3.63) is 65.2 Å². The summed E-state index contributed by atoms with van der Waals surface area (Å²) in [4.78, 5) is 62.1. The highest BCUT2D eigenvalue weighted by Gasteiger charge is 2.41. The predicted octanol–water partition coefficient (Wildman–Crippen LogP) is 1.60. The Labute approximate surface area is 178 Å². The molecule has 31 heavy (non-hydrogen) atoms. The number of imide groups is 1. The Hall–Kier alpha value is -4.01. The van der Waals surface area contributed by atoms with Gasteiger partial charge in [-0.25, -0.2) is 4.79 Å². The van der Waals surface area contributed by atoms with Crippen LogP contribution >= 0.6 is 0 Å². The molecule has 0 radical (unpaired) electrons. The third-order valence-corrected chi connectivity index (χ3v) is 4.65. The minimum atomic E-state index is -1.19. The van der Waals surface area contributed by atoms with Crippen LogP contribution in [0.3, 0.4) is 0 Å². The number of rotatable bonds is 7. The molecule has 9 nitrogen and oxygen atoms in total. The number of ether oxygens (including phenoxy) is 1. The number of nitrogens with one attached hydrogen (secondary N) is 2. The molecule has 2 aromatic carbocycles. The van der Waals surface area contributed by atoms with Gasteiger partial charge < -0.3 is 15.4 Å². The lowest BCUT2D eigenvalue weighted by molar-refractivity contribution is -0.150. The summed E-state index contributed by atoms with van der Waals surface area (Å²) in [6, 6.07) is 11.4. The smallest absolute Gasteiger partial charge is 0.329 e. The summed E-state index contributed by atoms with van der Waals surface area (Å²) in [5.74, 6) is -2.97. The van der Waals surface area contributed by atoms with E-state index in [2.05, 4.69) is 10.6 Å². The Morgan fingerprint density at radius 1 is 1.00 bits per heavy atom. The van der Waals surface area contributed by atoms with Crippen molar-refractivity contribution < 1.29 is 28.7 Å². The van der Waals surface area contributed by atoms with Gasteiger partial charge in [-0.15, -0.1) is 0 Å². The lowest BCUT2D eigenvalue weighted by Crippen LogP contribution is -2.44. The zero-order valence-electron chi connectivity index (χ0n) is 17.0. The van der Waals surface area contributed by atoms with Gasteiger partial charge in [0, 0.05) is 17.8 Å². The fourth-order valence-electron chi connectivity index (χ4n) is 3.12. The first-order valence-corrected chi connectivity index (χ1v) is 9.65. The number of amides is 4. The van der Waals surface area contributed by atoms with Crippen molar-refractivity contribution in [2.45, 2.75) is 19.9 Å². The van der Waals surface area contributed by atoms with Gasteiger partial charge in [0.2, 0.25) is 0 Å². The molecule has 1 aliphatic rings. The molecule has 2 aromatic rings. The van der Waals surface area contributed by atoms with E-state index in [1.54, 1.807) is 37.3 Å². The molecule has 2 N–H and O–H groups in total. The molecule has 3 rings (SSSR count). The number of benzene rings is 2. The van der Waals surface area contributed by atoms with Crippen LogP contribution in [-0.2, 0) is 14.3 Å². The van der Waals surface area contributed by atoms with Crippen LogP contribution in [0, 0.1) is 0 Å². The molecular formula is C22H21N3O6. The quantitative estimate of drug-likeness (QED) is 0.515. The Kier molecular flexibility index (Phi) is 6.44. The number of esters is 1. The maximum atomic E-state index is 12.5. The monoisotopic (exact) mass is 423 g/mol. The van der Waals surface area contributed by atoms with E-state index in [0.717, 1.165) is 4.90 Å². The molecule has 0 aliphatic carbocycles. The minimum Gasteiger partial charge on any atom is -0.454 e. The third kappa shape index (κ3) is 4.61. The summed E-state index contributed by atoms with van der Waals surface area (Å²) in [5.41, 5.74) is 1.17. The van der Waals surface area contributed by atoms with Crippen molar-refractivity contribution in [1.82, 2.24) is 10.2 Å². The Bertz CT molecular complexity index is 1030. The van der Waals surface area contributed by atoms with E-state index in [4.69, 9.17) is 4.74 Å². The molecule has 1 heterocycles. The van der Waals surface area contributed by atoms with Gasteiger partial charge in [0.15, 0.2) is 6.61 Å². The van der Waals surface area contributed by atoms with Crippen LogP contribution in [0.4, 0.5) is 5.69 Å². The number of hydrogen-bond acceptors (Lipinski definition) is 6. The van der Waals surface area contributed by atoms with Crippen LogP contribution in [0.15, 0.2) is 48.5 Å². The van der Waals surface area contributed by atoms with Gasteiger partial charge in [-0.05, 0) is 44.2 Å². The Balaban J connectivity index is 1.57. The van der Waals surface area contributed by atoms with Crippen molar-refractivity contribution in [1.29, 1.82) is 0 Å². The average molecular weight is 423 g/mol. The number of anilines is 1. The highest BCUT2D eigenvalue weighted by atomic mass is 16.5. The fourth-order valence-corrected chi connectivity index (χ4v) is 3.12. The second-order valence-corrected chi connectivity index (χ2v) is 6.80. The van der Waals surface area contributed by atoms with E-state index < -0.39 is 36.3 Å². The van der Waals surface area contributed by atoms with E-state index in [9.17, 15) is 24.0 Å². The number of hydrogen-bond donors (Lipinski definition) is 2. The summed E-state index contributed by atoms with van der Waals surface area (Å²) in [6.07, 6.45) is 0. The van der Waals surface area contributed by atoms with Crippen molar-refractivity contribution in [3.8, 4) is 0 Å².